The lowest BCUT2D eigenvalue weighted by Crippen LogP contribution is -2.01. The van der Waals surface area contributed by atoms with Crippen molar-refractivity contribution in [3.8, 4) is 5.75 Å². The highest BCUT2D eigenvalue weighted by molar-refractivity contribution is 9.10. The first-order chi connectivity index (χ1) is 10.1. The Labute approximate surface area is 135 Å². The first-order valence-electron chi connectivity index (χ1n) is 7.04. The highest BCUT2D eigenvalue weighted by atomic mass is 79.9. The monoisotopic (exact) mass is 362 g/mol. The third-order valence-corrected chi connectivity index (χ3v) is 2.39. The molecule has 1 rings (SSSR count). The number of benzene rings is 1. The van der Waals surface area contributed by atoms with Crippen LogP contribution in [0, 0.1) is 5.82 Å². The molecule has 0 N–H and O–H groups in total. The molecule has 0 amide bonds. The van der Waals surface area contributed by atoms with Crippen LogP contribution >= 0.6 is 15.9 Å². The smallest absolute Gasteiger partial charge is 0.330 e. The van der Waals surface area contributed by atoms with Crippen molar-refractivity contribution in [2.45, 2.75) is 34.6 Å². The third kappa shape index (κ3) is 11.0. The van der Waals surface area contributed by atoms with Crippen LogP contribution in [0.25, 0.3) is 0 Å². The first kappa shape index (κ1) is 21.9. The number of hydrogen-bond acceptors (Lipinski definition) is 3. The number of carbonyl (C=O) groups excluding carboxylic acids is 1. The largest absolute Gasteiger partial charge is 0.488 e. The summed E-state index contributed by atoms with van der Waals surface area (Å²) in [5.41, 5.74) is 0. The minimum absolute atomic E-state index is 0.211. The van der Waals surface area contributed by atoms with Crippen LogP contribution in [-0.2, 0) is 9.53 Å². The average molecular weight is 363 g/mol. The molecule has 0 bridgehead atoms. The molecule has 0 spiro atoms. The van der Waals surface area contributed by atoms with E-state index in [1.165, 1.54) is 30.4 Å². The summed E-state index contributed by atoms with van der Waals surface area (Å²) in [6.07, 6.45) is 2.83. The molecule has 0 heterocycles. The molecule has 0 atom stereocenters. The normalized spacial score (nSPS) is 9.10. The van der Waals surface area contributed by atoms with E-state index < -0.39 is 5.97 Å². The molecular formula is C16H24BrFO3. The van der Waals surface area contributed by atoms with Gasteiger partial charge in [-0.2, -0.15) is 0 Å². The van der Waals surface area contributed by atoms with E-state index in [9.17, 15) is 9.18 Å². The van der Waals surface area contributed by atoms with E-state index in [2.05, 4.69) is 15.9 Å². The molecule has 1 aromatic carbocycles. The van der Waals surface area contributed by atoms with E-state index in [0.29, 0.717) is 16.8 Å². The molecule has 0 aliphatic heterocycles. The Balaban J connectivity index is 0. The fourth-order valence-corrected chi connectivity index (χ4v) is 1.53. The molecule has 5 heteroatoms. The lowest BCUT2D eigenvalue weighted by Gasteiger charge is -2.05. The van der Waals surface area contributed by atoms with Crippen LogP contribution in [0.3, 0.4) is 0 Å². The van der Waals surface area contributed by atoms with Crippen molar-refractivity contribution in [1.82, 2.24) is 0 Å². The predicted molar refractivity (Wildman–Crippen MR) is 88.1 cm³/mol. The second-order valence-electron chi connectivity index (χ2n) is 3.04. The average Bonchev–Trinajstić information content (AvgIpc) is 2.50. The zero-order valence-electron chi connectivity index (χ0n) is 13.3. The summed E-state index contributed by atoms with van der Waals surface area (Å²) in [4.78, 5) is 10.9. The molecule has 3 nitrogen and oxygen atoms in total. The van der Waals surface area contributed by atoms with E-state index in [0.717, 1.165) is 0 Å². The Bertz CT molecular complexity index is 420. The van der Waals surface area contributed by atoms with Crippen molar-refractivity contribution in [2.75, 3.05) is 13.2 Å². The van der Waals surface area contributed by atoms with Gasteiger partial charge in [0.15, 0.2) is 0 Å². The van der Waals surface area contributed by atoms with Crippen LogP contribution in [0.1, 0.15) is 34.6 Å². The van der Waals surface area contributed by atoms with Gasteiger partial charge in [0, 0.05) is 6.08 Å². The standard InChI is InChI=1S/C12H12BrFO3.2C2H6/c1-2-16-12(15)4-3-7-17-11-6-5-9(14)8-10(11)13;2*1-2/h3-6,8H,2,7H2,1H3;2*1-2H3/b4-3+;;. The molecule has 0 saturated carbocycles. The van der Waals surface area contributed by atoms with E-state index in [1.54, 1.807) is 6.92 Å². The lowest BCUT2D eigenvalue weighted by atomic mass is 10.3. The van der Waals surface area contributed by atoms with Crippen LogP contribution in [0.4, 0.5) is 4.39 Å². The number of carbonyl (C=O) groups is 1. The number of halogens is 2. The van der Waals surface area contributed by atoms with Crippen LogP contribution in [0.5, 0.6) is 5.75 Å². The van der Waals surface area contributed by atoms with Crippen molar-refractivity contribution in [3.63, 3.8) is 0 Å². The molecule has 0 aliphatic carbocycles. The third-order valence-electron chi connectivity index (χ3n) is 1.77. The molecule has 0 unspecified atom stereocenters. The van der Waals surface area contributed by atoms with Crippen molar-refractivity contribution < 1.29 is 18.7 Å². The van der Waals surface area contributed by atoms with Gasteiger partial charge in [-0.3, -0.25) is 0 Å². The minimum atomic E-state index is -0.408. The molecule has 0 fully saturated rings. The van der Waals surface area contributed by atoms with Crippen LogP contribution in [-0.4, -0.2) is 19.2 Å². The summed E-state index contributed by atoms with van der Waals surface area (Å²) in [5.74, 6) is -0.236. The van der Waals surface area contributed by atoms with Gasteiger partial charge in [0.1, 0.15) is 18.2 Å². The van der Waals surface area contributed by atoms with Gasteiger partial charge in [-0.1, -0.05) is 27.7 Å². The van der Waals surface area contributed by atoms with Gasteiger partial charge in [-0.05, 0) is 47.1 Å². The summed E-state index contributed by atoms with van der Waals surface area (Å²) in [6.45, 7) is 10.3. The fraction of sp³-hybridized carbons (Fsp3) is 0.438. The number of hydrogen-bond donors (Lipinski definition) is 0. The maximum Gasteiger partial charge on any atom is 0.330 e. The van der Waals surface area contributed by atoms with Gasteiger partial charge in [-0.25, -0.2) is 9.18 Å². The Kier molecular flexibility index (Phi) is 15.7. The van der Waals surface area contributed by atoms with Crippen molar-refractivity contribution in [1.29, 1.82) is 0 Å². The summed E-state index contributed by atoms with van der Waals surface area (Å²) in [6, 6.07) is 4.12. The maximum absolute atomic E-state index is 12.8. The summed E-state index contributed by atoms with van der Waals surface area (Å²) in [7, 11) is 0. The second kappa shape index (κ2) is 15.0. The Morgan fingerprint density at radius 2 is 1.90 bits per heavy atom. The van der Waals surface area contributed by atoms with Gasteiger partial charge in [0.25, 0.3) is 0 Å². The van der Waals surface area contributed by atoms with E-state index in [4.69, 9.17) is 9.47 Å². The molecule has 21 heavy (non-hydrogen) atoms. The number of rotatable bonds is 5. The quantitative estimate of drug-likeness (QED) is 0.537. The Morgan fingerprint density at radius 3 is 2.43 bits per heavy atom. The highest BCUT2D eigenvalue weighted by Gasteiger charge is 2.01. The minimum Gasteiger partial charge on any atom is -0.488 e. The lowest BCUT2D eigenvalue weighted by molar-refractivity contribution is -0.137. The van der Waals surface area contributed by atoms with Crippen molar-refractivity contribution >= 4 is 21.9 Å². The Hall–Kier alpha value is -1.36. The number of ether oxygens (including phenoxy) is 2. The molecule has 0 saturated heterocycles. The maximum atomic E-state index is 12.8. The molecule has 1 aromatic rings. The van der Waals surface area contributed by atoms with E-state index in [1.807, 2.05) is 27.7 Å². The second-order valence-corrected chi connectivity index (χ2v) is 3.89. The molecule has 0 radical (unpaired) electrons. The van der Waals surface area contributed by atoms with Crippen LogP contribution in [0.2, 0.25) is 0 Å². The summed E-state index contributed by atoms with van der Waals surface area (Å²) >= 11 is 3.17. The predicted octanol–water partition coefficient (Wildman–Crippen LogP) is 5.14. The zero-order valence-corrected chi connectivity index (χ0v) is 14.9. The molecule has 0 aliphatic rings. The van der Waals surface area contributed by atoms with Gasteiger partial charge in [-0.15, -0.1) is 0 Å². The SMILES string of the molecule is CC.CC.CCOC(=O)/C=C/COc1ccc(F)cc1Br. The van der Waals surface area contributed by atoms with Crippen molar-refractivity contribution in [2.24, 2.45) is 0 Å². The van der Waals surface area contributed by atoms with Gasteiger partial charge in [0.2, 0.25) is 0 Å². The topological polar surface area (TPSA) is 35.5 Å². The van der Waals surface area contributed by atoms with E-state index >= 15 is 0 Å². The Morgan fingerprint density at radius 1 is 1.29 bits per heavy atom. The zero-order chi connectivity index (χ0) is 16.7. The molecule has 120 valence electrons. The van der Waals surface area contributed by atoms with Crippen LogP contribution < -0.4 is 4.74 Å². The summed E-state index contributed by atoms with van der Waals surface area (Å²) in [5, 5.41) is 0. The highest BCUT2D eigenvalue weighted by Crippen LogP contribution is 2.25. The summed E-state index contributed by atoms with van der Waals surface area (Å²) < 4.78 is 23.3. The van der Waals surface area contributed by atoms with Gasteiger partial charge < -0.3 is 9.47 Å². The molecular weight excluding hydrogens is 339 g/mol. The molecule has 0 aromatic heterocycles. The van der Waals surface area contributed by atoms with E-state index in [-0.39, 0.29) is 12.4 Å². The first-order valence-corrected chi connectivity index (χ1v) is 7.84. The fourth-order valence-electron chi connectivity index (χ4n) is 1.06. The van der Waals surface area contributed by atoms with Crippen molar-refractivity contribution in [3.05, 3.63) is 40.6 Å². The van der Waals surface area contributed by atoms with Gasteiger partial charge in [0.05, 0.1) is 11.1 Å². The number of esters is 1. The van der Waals surface area contributed by atoms with Gasteiger partial charge >= 0.3 is 5.97 Å². The van der Waals surface area contributed by atoms with Crippen LogP contribution in [0.15, 0.2) is 34.8 Å².